The minimum absolute atomic E-state index is 0.233. The lowest BCUT2D eigenvalue weighted by Crippen LogP contribution is -2.07. The summed E-state index contributed by atoms with van der Waals surface area (Å²) in [4.78, 5) is 0. The maximum absolute atomic E-state index is 12.5. The molecule has 4 nitrogen and oxygen atoms in total. The highest BCUT2D eigenvalue weighted by atomic mass is 19.4. The van der Waals surface area contributed by atoms with E-state index in [-0.39, 0.29) is 13.1 Å². The zero-order valence-electron chi connectivity index (χ0n) is 9.35. The highest BCUT2D eigenvalue weighted by molar-refractivity contribution is 5.25. The van der Waals surface area contributed by atoms with Crippen LogP contribution < -0.4 is 5.73 Å². The van der Waals surface area contributed by atoms with Crippen LogP contribution in [0.4, 0.5) is 13.2 Å². The zero-order chi connectivity index (χ0) is 13.2. The van der Waals surface area contributed by atoms with Crippen LogP contribution in [0.5, 0.6) is 0 Å². The van der Waals surface area contributed by atoms with Crippen LogP contribution in [0.1, 0.15) is 16.8 Å². The number of aromatic nitrogens is 3. The van der Waals surface area contributed by atoms with Crippen molar-refractivity contribution in [3.8, 4) is 0 Å². The Labute approximate surface area is 101 Å². The summed E-state index contributed by atoms with van der Waals surface area (Å²) in [6.07, 6.45) is -2.72. The molecule has 2 aromatic rings. The molecule has 0 radical (unpaired) electrons. The maximum atomic E-state index is 12.5. The van der Waals surface area contributed by atoms with Crippen molar-refractivity contribution in [1.29, 1.82) is 0 Å². The number of nitrogens with two attached hydrogens (primary N) is 1. The molecule has 2 rings (SSSR count). The molecule has 1 aromatic carbocycles. The van der Waals surface area contributed by atoms with E-state index in [9.17, 15) is 13.2 Å². The number of rotatable bonds is 3. The minimum Gasteiger partial charge on any atom is -0.325 e. The van der Waals surface area contributed by atoms with E-state index >= 15 is 0 Å². The van der Waals surface area contributed by atoms with E-state index in [1.165, 1.54) is 10.7 Å². The Morgan fingerprint density at radius 1 is 1.28 bits per heavy atom. The monoisotopic (exact) mass is 256 g/mol. The van der Waals surface area contributed by atoms with Crippen LogP contribution in [-0.2, 0) is 19.3 Å². The van der Waals surface area contributed by atoms with Gasteiger partial charge in [0.05, 0.1) is 24.0 Å². The minimum atomic E-state index is -4.33. The summed E-state index contributed by atoms with van der Waals surface area (Å²) in [6, 6.07) is 5.12. The van der Waals surface area contributed by atoms with Gasteiger partial charge in [-0.15, -0.1) is 5.10 Å². The predicted molar refractivity (Wildman–Crippen MR) is 58.5 cm³/mol. The van der Waals surface area contributed by atoms with Gasteiger partial charge in [0.2, 0.25) is 0 Å². The standard InChI is InChI=1S/C11H11F3N4/c12-11(13,14)9-3-1-2-8(4-9)6-18-7-10(5-15)16-17-18/h1-4,7H,5-6,15H2. The van der Waals surface area contributed by atoms with Gasteiger partial charge in [-0.2, -0.15) is 13.2 Å². The van der Waals surface area contributed by atoms with Gasteiger partial charge in [-0.3, -0.25) is 0 Å². The van der Waals surface area contributed by atoms with Crippen LogP contribution >= 0.6 is 0 Å². The van der Waals surface area contributed by atoms with Gasteiger partial charge < -0.3 is 5.73 Å². The average Bonchev–Trinajstić information content (AvgIpc) is 2.76. The average molecular weight is 256 g/mol. The molecule has 0 saturated carbocycles. The van der Waals surface area contributed by atoms with Crippen molar-refractivity contribution in [1.82, 2.24) is 15.0 Å². The second kappa shape index (κ2) is 4.77. The Kier molecular flexibility index (Phi) is 3.33. The van der Waals surface area contributed by atoms with Crippen molar-refractivity contribution in [3.05, 3.63) is 47.3 Å². The second-order valence-electron chi connectivity index (χ2n) is 3.81. The summed E-state index contributed by atoms with van der Waals surface area (Å²) in [5.41, 5.74) is 5.82. The predicted octanol–water partition coefficient (Wildman–Crippen LogP) is 1.80. The largest absolute Gasteiger partial charge is 0.416 e. The summed E-state index contributed by atoms with van der Waals surface area (Å²) < 4.78 is 39.0. The van der Waals surface area contributed by atoms with Gasteiger partial charge in [-0.1, -0.05) is 17.3 Å². The van der Waals surface area contributed by atoms with E-state index in [0.717, 1.165) is 12.1 Å². The van der Waals surface area contributed by atoms with Gasteiger partial charge in [-0.05, 0) is 17.7 Å². The van der Waals surface area contributed by atoms with E-state index < -0.39 is 11.7 Å². The van der Waals surface area contributed by atoms with Crippen LogP contribution in [-0.4, -0.2) is 15.0 Å². The number of alkyl halides is 3. The second-order valence-corrected chi connectivity index (χ2v) is 3.81. The molecular formula is C11H11F3N4. The first-order chi connectivity index (χ1) is 8.49. The lowest BCUT2D eigenvalue weighted by Gasteiger charge is -2.08. The summed E-state index contributed by atoms with van der Waals surface area (Å²) in [7, 11) is 0. The van der Waals surface area contributed by atoms with Crippen molar-refractivity contribution >= 4 is 0 Å². The van der Waals surface area contributed by atoms with Crippen molar-refractivity contribution in [3.63, 3.8) is 0 Å². The molecule has 0 aliphatic carbocycles. The van der Waals surface area contributed by atoms with E-state index in [1.54, 1.807) is 12.3 Å². The molecule has 96 valence electrons. The van der Waals surface area contributed by atoms with Gasteiger partial charge in [0.1, 0.15) is 0 Å². The topological polar surface area (TPSA) is 56.7 Å². The van der Waals surface area contributed by atoms with Crippen molar-refractivity contribution in [2.45, 2.75) is 19.3 Å². The molecule has 0 bridgehead atoms. The highest BCUT2D eigenvalue weighted by Gasteiger charge is 2.30. The van der Waals surface area contributed by atoms with Crippen molar-refractivity contribution < 1.29 is 13.2 Å². The lowest BCUT2D eigenvalue weighted by molar-refractivity contribution is -0.137. The molecule has 0 saturated heterocycles. The van der Waals surface area contributed by atoms with Crippen molar-refractivity contribution in [2.24, 2.45) is 5.73 Å². The molecule has 0 fully saturated rings. The van der Waals surface area contributed by atoms with Gasteiger partial charge in [0.25, 0.3) is 0 Å². The third-order valence-corrected chi connectivity index (χ3v) is 2.39. The fourth-order valence-corrected chi connectivity index (χ4v) is 1.54. The molecule has 0 atom stereocenters. The van der Waals surface area contributed by atoms with E-state index in [0.29, 0.717) is 11.3 Å². The van der Waals surface area contributed by atoms with E-state index in [2.05, 4.69) is 10.3 Å². The number of benzene rings is 1. The molecule has 0 spiro atoms. The van der Waals surface area contributed by atoms with Crippen LogP contribution in [0.25, 0.3) is 0 Å². The molecular weight excluding hydrogens is 245 g/mol. The highest BCUT2D eigenvalue weighted by Crippen LogP contribution is 2.29. The first-order valence-electron chi connectivity index (χ1n) is 5.24. The molecule has 1 heterocycles. The number of halogens is 3. The Morgan fingerprint density at radius 2 is 2.06 bits per heavy atom. The molecule has 0 aliphatic rings. The number of hydrogen-bond donors (Lipinski definition) is 1. The van der Waals surface area contributed by atoms with Crippen LogP contribution in [0, 0.1) is 0 Å². The Hall–Kier alpha value is -1.89. The molecule has 0 aliphatic heterocycles. The van der Waals surface area contributed by atoms with Gasteiger partial charge in [0.15, 0.2) is 0 Å². The molecule has 1 aromatic heterocycles. The summed E-state index contributed by atoms with van der Waals surface area (Å²) >= 11 is 0. The van der Waals surface area contributed by atoms with Gasteiger partial charge >= 0.3 is 6.18 Å². The Bertz CT molecular complexity index is 533. The fraction of sp³-hybridized carbons (Fsp3) is 0.273. The first kappa shape index (κ1) is 12.6. The number of nitrogens with zero attached hydrogens (tertiary/aromatic N) is 3. The fourth-order valence-electron chi connectivity index (χ4n) is 1.54. The van der Waals surface area contributed by atoms with Crippen LogP contribution in [0.15, 0.2) is 30.5 Å². The third kappa shape index (κ3) is 2.86. The summed E-state index contributed by atoms with van der Waals surface area (Å²) in [5.74, 6) is 0. The van der Waals surface area contributed by atoms with Crippen molar-refractivity contribution in [2.75, 3.05) is 0 Å². The quantitative estimate of drug-likeness (QED) is 0.911. The first-order valence-corrected chi connectivity index (χ1v) is 5.24. The van der Waals surface area contributed by atoms with E-state index in [4.69, 9.17) is 5.73 Å². The molecule has 18 heavy (non-hydrogen) atoms. The van der Waals surface area contributed by atoms with Gasteiger partial charge in [-0.25, -0.2) is 4.68 Å². The Balaban J connectivity index is 2.19. The molecule has 0 unspecified atom stereocenters. The molecule has 7 heteroatoms. The smallest absolute Gasteiger partial charge is 0.325 e. The number of hydrogen-bond acceptors (Lipinski definition) is 3. The third-order valence-electron chi connectivity index (χ3n) is 2.39. The zero-order valence-corrected chi connectivity index (χ0v) is 9.35. The summed E-state index contributed by atoms with van der Waals surface area (Å²) in [6.45, 7) is 0.486. The van der Waals surface area contributed by atoms with Gasteiger partial charge in [0, 0.05) is 6.54 Å². The maximum Gasteiger partial charge on any atom is 0.416 e. The lowest BCUT2D eigenvalue weighted by atomic mass is 10.1. The van der Waals surface area contributed by atoms with E-state index in [1.807, 2.05) is 0 Å². The molecule has 0 amide bonds. The van der Waals surface area contributed by atoms with Crippen LogP contribution in [0.3, 0.4) is 0 Å². The molecule has 2 N–H and O–H groups in total. The SMILES string of the molecule is NCc1cn(Cc2cccc(C(F)(F)F)c2)nn1. The Morgan fingerprint density at radius 3 is 2.67 bits per heavy atom. The summed E-state index contributed by atoms with van der Waals surface area (Å²) in [5, 5.41) is 7.55. The normalized spacial score (nSPS) is 11.8. The van der Waals surface area contributed by atoms with Crippen LogP contribution in [0.2, 0.25) is 0 Å².